The first-order valence-corrected chi connectivity index (χ1v) is 6.94. The monoisotopic (exact) mass is 277 g/mol. The molecule has 1 unspecified atom stereocenters. The van der Waals surface area contributed by atoms with Gasteiger partial charge < -0.3 is 20.7 Å². The van der Waals surface area contributed by atoms with Crippen LogP contribution >= 0.6 is 0 Å². The van der Waals surface area contributed by atoms with Gasteiger partial charge in [0, 0.05) is 25.3 Å². The van der Waals surface area contributed by atoms with Crippen molar-refractivity contribution in [2.75, 3.05) is 24.7 Å². The van der Waals surface area contributed by atoms with Crippen LogP contribution in [-0.4, -0.2) is 47.7 Å². The smallest absolute Gasteiger partial charge is 0.245 e. The van der Waals surface area contributed by atoms with E-state index in [-0.39, 0.29) is 11.9 Å². The number of nitrogens with zero attached hydrogens (tertiary/aromatic N) is 3. The van der Waals surface area contributed by atoms with Gasteiger partial charge >= 0.3 is 0 Å². The molecule has 1 aromatic rings. The Hall–Kier alpha value is -1.73. The maximum Gasteiger partial charge on any atom is 0.245 e. The van der Waals surface area contributed by atoms with Gasteiger partial charge in [-0.2, -0.15) is 0 Å². The lowest BCUT2D eigenvalue weighted by molar-refractivity contribution is -0.124. The highest BCUT2D eigenvalue weighted by Crippen LogP contribution is 2.21. The molecule has 1 amide bonds. The van der Waals surface area contributed by atoms with Crippen molar-refractivity contribution >= 4 is 11.9 Å². The number of carbonyl (C=O) groups is 1. The largest absolute Gasteiger partial charge is 0.377 e. The van der Waals surface area contributed by atoms with E-state index in [0.717, 1.165) is 18.5 Å². The summed E-state index contributed by atoms with van der Waals surface area (Å²) in [7, 11) is 0. The molecule has 2 fully saturated rings. The number of nitrogens with one attached hydrogen (secondary N) is 1. The van der Waals surface area contributed by atoms with Crippen molar-refractivity contribution in [2.24, 2.45) is 5.73 Å². The van der Waals surface area contributed by atoms with Crippen LogP contribution in [0.4, 0.5) is 5.95 Å². The van der Waals surface area contributed by atoms with E-state index in [1.54, 1.807) is 12.3 Å². The summed E-state index contributed by atoms with van der Waals surface area (Å²) >= 11 is 0. The lowest BCUT2D eigenvalue weighted by Crippen LogP contribution is -2.55. The fraction of sp³-hybridized carbons (Fsp3) is 0.615. The van der Waals surface area contributed by atoms with Gasteiger partial charge in [0.25, 0.3) is 0 Å². The Morgan fingerprint density at radius 2 is 2.40 bits per heavy atom. The molecule has 0 bridgehead atoms. The maximum atomic E-state index is 12.3. The first kappa shape index (κ1) is 13.3. The highest BCUT2D eigenvalue weighted by molar-refractivity contribution is 5.85. The topological polar surface area (TPSA) is 93.4 Å². The summed E-state index contributed by atoms with van der Waals surface area (Å²) in [5.74, 6) is 0.543. The van der Waals surface area contributed by atoms with E-state index in [2.05, 4.69) is 15.3 Å². The molecule has 1 atom stereocenters. The second-order valence-electron chi connectivity index (χ2n) is 5.12. The number of hydrogen-bond donors (Lipinski definition) is 2. The first-order chi connectivity index (χ1) is 9.78. The van der Waals surface area contributed by atoms with Crippen LogP contribution in [0.25, 0.3) is 0 Å². The highest BCUT2D eigenvalue weighted by atomic mass is 16.5. The van der Waals surface area contributed by atoms with Crippen LogP contribution in [0.15, 0.2) is 12.3 Å². The number of rotatable bonds is 4. The van der Waals surface area contributed by atoms with Gasteiger partial charge in [0.2, 0.25) is 11.9 Å². The molecule has 1 saturated carbocycles. The van der Waals surface area contributed by atoms with Gasteiger partial charge in [0.05, 0.1) is 18.9 Å². The number of aromatic nitrogens is 2. The normalized spacial score (nSPS) is 22.6. The van der Waals surface area contributed by atoms with Gasteiger partial charge in [-0.3, -0.25) is 4.79 Å². The van der Waals surface area contributed by atoms with Gasteiger partial charge in [-0.05, 0) is 18.9 Å². The summed E-state index contributed by atoms with van der Waals surface area (Å²) < 4.78 is 5.43. The van der Waals surface area contributed by atoms with Gasteiger partial charge in [0.15, 0.2) is 0 Å². The molecule has 1 saturated heterocycles. The van der Waals surface area contributed by atoms with Crippen LogP contribution in [0.5, 0.6) is 0 Å². The van der Waals surface area contributed by atoms with Gasteiger partial charge in [-0.25, -0.2) is 9.97 Å². The molecule has 7 nitrogen and oxygen atoms in total. The van der Waals surface area contributed by atoms with E-state index in [0.29, 0.717) is 38.3 Å². The van der Waals surface area contributed by atoms with Crippen LogP contribution in [0.2, 0.25) is 0 Å². The van der Waals surface area contributed by atoms with Crippen LogP contribution in [-0.2, 0) is 16.1 Å². The van der Waals surface area contributed by atoms with Crippen molar-refractivity contribution in [1.82, 2.24) is 15.3 Å². The molecule has 108 valence electrons. The summed E-state index contributed by atoms with van der Waals surface area (Å²) in [6.45, 7) is 1.91. The Morgan fingerprint density at radius 1 is 1.55 bits per heavy atom. The van der Waals surface area contributed by atoms with E-state index < -0.39 is 0 Å². The molecule has 3 rings (SSSR count). The average Bonchev–Trinajstić information content (AvgIpc) is 3.31. The van der Waals surface area contributed by atoms with Crippen LogP contribution in [0.1, 0.15) is 18.5 Å². The molecule has 1 aliphatic carbocycles. The number of ether oxygens (including phenoxy) is 1. The molecule has 0 spiro atoms. The highest BCUT2D eigenvalue weighted by Gasteiger charge is 2.34. The zero-order chi connectivity index (χ0) is 13.9. The Balaban J connectivity index is 1.77. The molecular formula is C13H19N5O2. The molecule has 1 aliphatic heterocycles. The zero-order valence-corrected chi connectivity index (χ0v) is 11.3. The lowest BCUT2D eigenvalue weighted by Gasteiger charge is -2.34. The molecule has 2 heterocycles. The molecular weight excluding hydrogens is 258 g/mol. The number of morpholine rings is 1. The van der Waals surface area contributed by atoms with Crippen LogP contribution in [0.3, 0.4) is 0 Å². The minimum atomic E-state index is -0.364. The molecule has 0 radical (unpaired) electrons. The Kier molecular flexibility index (Phi) is 3.79. The molecule has 3 N–H and O–H groups in total. The summed E-state index contributed by atoms with van der Waals surface area (Å²) in [6.07, 6.45) is 3.81. The molecule has 1 aromatic heterocycles. The van der Waals surface area contributed by atoms with Crippen LogP contribution < -0.4 is 16.0 Å². The summed E-state index contributed by atoms with van der Waals surface area (Å²) in [6, 6.07) is 1.75. The van der Waals surface area contributed by atoms with Gasteiger partial charge in [-0.1, -0.05) is 0 Å². The maximum absolute atomic E-state index is 12.3. The standard InChI is InChI=1S/C13H19N5O2/c14-7-10-3-4-15-13(17-10)18-5-6-20-8-11(18)12(19)16-9-1-2-9/h3-4,9,11H,1-2,5-8,14H2,(H,16,19). The number of nitrogens with two attached hydrogens (primary N) is 1. The van der Waals surface area contributed by atoms with Crippen molar-refractivity contribution in [1.29, 1.82) is 0 Å². The number of anilines is 1. The van der Waals surface area contributed by atoms with Crippen molar-refractivity contribution in [3.8, 4) is 0 Å². The average molecular weight is 277 g/mol. The molecule has 0 aromatic carbocycles. The molecule has 2 aliphatic rings. The molecule has 7 heteroatoms. The summed E-state index contributed by atoms with van der Waals surface area (Å²) in [5.41, 5.74) is 6.37. The predicted molar refractivity (Wildman–Crippen MR) is 73.0 cm³/mol. The van der Waals surface area contributed by atoms with E-state index in [1.807, 2.05) is 4.90 Å². The van der Waals surface area contributed by atoms with Crippen molar-refractivity contribution < 1.29 is 9.53 Å². The Bertz CT molecular complexity index is 491. The summed E-state index contributed by atoms with van der Waals surface area (Å²) in [5, 5.41) is 3.01. The van der Waals surface area contributed by atoms with Crippen LogP contribution in [0, 0.1) is 0 Å². The third-order valence-corrected chi connectivity index (χ3v) is 3.52. The third-order valence-electron chi connectivity index (χ3n) is 3.52. The second kappa shape index (κ2) is 5.72. The van der Waals surface area contributed by atoms with Crippen molar-refractivity contribution in [3.05, 3.63) is 18.0 Å². The quantitative estimate of drug-likeness (QED) is 0.765. The molecule has 20 heavy (non-hydrogen) atoms. The Morgan fingerprint density at radius 3 is 3.15 bits per heavy atom. The zero-order valence-electron chi connectivity index (χ0n) is 11.3. The number of hydrogen-bond acceptors (Lipinski definition) is 6. The van der Waals surface area contributed by atoms with Crippen molar-refractivity contribution in [3.63, 3.8) is 0 Å². The fourth-order valence-electron chi connectivity index (χ4n) is 2.22. The first-order valence-electron chi connectivity index (χ1n) is 6.94. The van der Waals surface area contributed by atoms with Gasteiger partial charge in [-0.15, -0.1) is 0 Å². The summed E-state index contributed by atoms with van der Waals surface area (Å²) in [4.78, 5) is 22.8. The van der Waals surface area contributed by atoms with E-state index in [4.69, 9.17) is 10.5 Å². The minimum absolute atomic E-state index is 0.00560. The third kappa shape index (κ3) is 2.88. The van der Waals surface area contributed by atoms with Gasteiger partial charge in [0.1, 0.15) is 6.04 Å². The second-order valence-corrected chi connectivity index (χ2v) is 5.12. The lowest BCUT2D eigenvalue weighted by atomic mass is 10.2. The minimum Gasteiger partial charge on any atom is -0.377 e. The SMILES string of the molecule is NCc1ccnc(N2CCOCC2C(=O)NC2CC2)n1. The Labute approximate surface area is 117 Å². The number of amides is 1. The predicted octanol–water partition coefficient (Wildman–Crippen LogP) is -0.581. The van der Waals surface area contributed by atoms with E-state index >= 15 is 0 Å². The van der Waals surface area contributed by atoms with E-state index in [1.165, 1.54) is 0 Å². The fourth-order valence-corrected chi connectivity index (χ4v) is 2.22. The number of carbonyl (C=O) groups excluding carboxylic acids is 1. The van der Waals surface area contributed by atoms with Crippen molar-refractivity contribution in [2.45, 2.75) is 31.5 Å². The van der Waals surface area contributed by atoms with E-state index in [9.17, 15) is 4.79 Å².